The van der Waals surface area contributed by atoms with Gasteiger partial charge in [0.1, 0.15) is 0 Å². The summed E-state index contributed by atoms with van der Waals surface area (Å²) < 4.78 is 0. The first kappa shape index (κ1) is 19.0. The van der Waals surface area contributed by atoms with Crippen molar-refractivity contribution in [2.75, 3.05) is 59.4 Å². The molecular formula is C20H39N5. The Hall–Kier alpha value is -0.810. The molecule has 3 aliphatic rings. The molecule has 5 heteroatoms. The van der Waals surface area contributed by atoms with E-state index in [2.05, 4.69) is 31.9 Å². The Balaban J connectivity index is 1.43. The number of guanidine groups is 1. The third kappa shape index (κ3) is 5.33. The Morgan fingerprint density at radius 2 is 1.80 bits per heavy atom. The maximum Gasteiger partial charge on any atom is 0.193 e. The van der Waals surface area contributed by atoms with E-state index >= 15 is 0 Å². The molecule has 2 unspecified atom stereocenters. The highest BCUT2D eigenvalue weighted by Crippen LogP contribution is 2.20. The van der Waals surface area contributed by atoms with Crippen LogP contribution in [0.4, 0.5) is 0 Å². The van der Waals surface area contributed by atoms with E-state index < -0.39 is 0 Å². The number of nitrogens with one attached hydrogen (secondary N) is 1. The third-order valence-corrected chi connectivity index (χ3v) is 6.41. The molecule has 0 aromatic rings. The standard InChI is InChI=1S/C20H39N5/c1-3-24-13-8-5-9-19(24)15-22-20(21-2)25-14-10-18(17-25)16-23-11-6-4-7-12-23/h18-19H,3-17H2,1-2H3,(H,21,22). The molecule has 5 nitrogen and oxygen atoms in total. The molecular weight excluding hydrogens is 310 g/mol. The van der Waals surface area contributed by atoms with Crippen molar-refractivity contribution in [2.24, 2.45) is 10.9 Å². The molecule has 3 fully saturated rings. The molecule has 0 spiro atoms. The summed E-state index contributed by atoms with van der Waals surface area (Å²) in [7, 11) is 1.94. The van der Waals surface area contributed by atoms with Crippen molar-refractivity contribution in [3.8, 4) is 0 Å². The summed E-state index contributed by atoms with van der Waals surface area (Å²) >= 11 is 0. The summed E-state index contributed by atoms with van der Waals surface area (Å²) in [6, 6.07) is 0.683. The average Bonchev–Trinajstić information content (AvgIpc) is 3.11. The third-order valence-electron chi connectivity index (χ3n) is 6.41. The molecule has 0 aromatic heterocycles. The largest absolute Gasteiger partial charge is 0.355 e. The molecule has 3 rings (SSSR count). The fourth-order valence-corrected chi connectivity index (χ4v) is 4.93. The molecule has 0 saturated carbocycles. The summed E-state index contributed by atoms with van der Waals surface area (Å²) in [4.78, 5) is 12.4. The molecule has 3 saturated heterocycles. The van der Waals surface area contributed by atoms with E-state index in [4.69, 9.17) is 0 Å². The Morgan fingerprint density at radius 1 is 1.00 bits per heavy atom. The van der Waals surface area contributed by atoms with Crippen LogP contribution >= 0.6 is 0 Å². The number of hydrogen-bond donors (Lipinski definition) is 1. The normalized spacial score (nSPS) is 30.0. The van der Waals surface area contributed by atoms with Gasteiger partial charge in [-0.15, -0.1) is 0 Å². The van der Waals surface area contributed by atoms with Crippen molar-refractivity contribution in [3.63, 3.8) is 0 Å². The van der Waals surface area contributed by atoms with E-state index in [-0.39, 0.29) is 0 Å². The molecule has 0 amide bonds. The number of rotatable bonds is 5. The van der Waals surface area contributed by atoms with Crippen LogP contribution in [0.5, 0.6) is 0 Å². The summed E-state index contributed by atoms with van der Waals surface area (Å²) in [6.07, 6.45) is 9.62. The predicted octanol–water partition coefficient (Wildman–Crippen LogP) is 2.24. The molecule has 0 aromatic carbocycles. The van der Waals surface area contributed by atoms with E-state index in [1.54, 1.807) is 0 Å². The van der Waals surface area contributed by atoms with Gasteiger partial charge in [0.2, 0.25) is 0 Å². The molecule has 2 atom stereocenters. The Morgan fingerprint density at radius 3 is 2.56 bits per heavy atom. The molecule has 3 heterocycles. The van der Waals surface area contributed by atoms with Crippen LogP contribution in [0.25, 0.3) is 0 Å². The number of likely N-dealkylation sites (N-methyl/N-ethyl adjacent to an activating group) is 1. The van der Waals surface area contributed by atoms with E-state index in [9.17, 15) is 0 Å². The van der Waals surface area contributed by atoms with Crippen LogP contribution in [0.2, 0.25) is 0 Å². The van der Waals surface area contributed by atoms with Crippen molar-refractivity contribution >= 4 is 5.96 Å². The average molecular weight is 350 g/mol. The van der Waals surface area contributed by atoms with Gasteiger partial charge in [-0.25, -0.2) is 0 Å². The summed E-state index contributed by atoms with van der Waals surface area (Å²) in [5.41, 5.74) is 0. The number of nitrogens with zero attached hydrogens (tertiary/aromatic N) is 4. The number of hydrogen-bond acceptors (Lipinski definition) is 3. The minimum atomic E-state index is 0.683. The van der Waals surface area contributed by atoms with Gasteiger partial charge >= 0.3 is 0 Å². The van der Waals surface area contributed by atoms with Crippen molar-refractivity contribution in [1.82, 2.24) is 20.0 Å². The number of likely N-dealkylation sites (tertiary alicyclic amines) is 3. The fourth-order valence-electron chi connectivity index (χ4n) is 4.93. The molecule has 144 valence electrons. The van der Waals surface area contributed by atoms with Gasteiger partial charge in [-0.05, 0) is 64.2 Å². The summed E-state index contributed by atoms with van der Waals surface area (Å²) in [5, 5.41) is 3.69. The van der Waals surface area contributed by atoms with Gasteiger partial charge in [-0.2, -0.15) is 0 Å². The zero-order chi connectivity index (χ0) is 17.5. The first-order valence-electron chi connectivity index (χ1n) is 10.7. The zero-order valence-electron chi connectivity index (χ0n) is 16.6. The second kappa shape index (κ2) is 9.77. The summed E-state index contributed by atoms with van der Waals surface area (Å²) in [5.74, 6) is 1.95. The Kier molecular flexibility index (Phi) is 7.41. The van der Waals surface area contributed by atoms with Gasteiger partial charge in [-0.3, -0.25) is 9.89 Å². The van der Waals surface area contributed by atoms with Crippen molar-refractivity contribution in [1.29, 1.82) is 0 Å². The molecule has 25 heavy (non-hydrogen) atoms. The van der Waals surface area contributed by atoms with E-state index in [0.717, 1.165) is 18.4 Å². The number of aliphatic imine (C=N–C) groups is 1. The van der Waals surface area contributed by atoms with Crippen LogP contribution in [0.15, 0.2) is 4.99 Å². The molecule has 0 bridgehead atoms. The lowest BCUT2D eigenvalue weighted by Crippen LogP contribution is -2.49. The van der Waals surface area contributed by atoms with Crippen molar-refractivity contribution in [3.05, 3.63) is 0 Å². The first-order valence-corrected chi connectivity index (χ1v) is 10.7. The highest BCUT2D eigenvalue weighted by molar-refractivity contribution is 5.80. The van der Waals surface area contributed by atoms with Gasteiger partial charge in [0.25, 0.3) is 0 Å². The summed E-state index contributed by atoms with van der Waals surface area (Å²) in [6.45, 7) is 12.1. The van der Waals surface area contributed by atoms with Crippen LogP contribution in [0.1, 0.15) is 51.9 Å². The first-order chi connectivity index (χ1) is 12.3. The smallest absolute Gasteiger partial charge is 0.193 e. The maximum absolute atomic E-state index is 4.59. The molecule has 1 N–H and O–H groups in total. The monoisotopic (exact) mass is 349 g/mol. The van der Waals surface area contributed by atoms with Gasteiger partial charge in [-0.1, -0.05) is 19.8 Å². The fraction of sp³-hybridized carbons (Fsp3) is 0.950. The Bertz CT molecular complexity index is 418. The molecule has 0 radical (unpaired) electrons. The zero-order valence-corrected chi connectivity index (χ0v) is 16.6. The van der Waals surface area contributed by atoms with Crippen molar-refractivity contribution in [2.45, 2.75) is 57.9 Å². The molecule has 0 aliphatic carbocycles. The van der Waals surface area contributed by atoms with Gasteiger partial charge < -0.3 is 15.1 Å². The molecule has 3 aliphatic heterocycles. The maximum atomic E-state index is 4.59. The second-order valence-electron chi connectivity index (χ2n) is 8.17. The minimum Gasteiger partial charge on any atom is -0.355 e. The lowest BCUT2D eigenvalue weighted by molar-refractivity contribution is 0.156. The number of piperidine rings is 2. The van der Waals surface area contributed by atoms with Gasteiger partial charge in [0, 0.05) is 39.3 Å². The van der Waals surface area contributed by atoms with E-state index in [1.165, 1.54) is 90.8 Å². The van der Waals surface area contributed by atoms with E-state index in [1.807, 2.05) is 7.05 Å². The van der Waals surface area contributed by atoms with Gasteiger partial charge in [0.05, 0.1) is 0 Å². The van der Waals surface area contributed by atoms with Crippen LogP contribution in [-0.2, 0) is 0 Å². The SMILES string of the molecule is CCN1CCCCC1CNC(=NC)N1CCC(CN2CCCCC2)C1. The highest BCUT2D eigenvalue weighted by Gasteiger charge is 2.28. The second-order valence-corrected chi connectivity index (χ2v) is 8.17. The van der Waals surface area contributed by atoms with Crippen LogP contribution < -0.4 is 5.32 Å². The lowest BCUT2D eigenvalue weighted by atomic mass is 10.0. The van der Waals surface area contributed by atoms with Crippen molar-refractivity contribution < 1.29 is 0 Å². The van der Waals surface area contributed by atoms with Crippen LogP contribution in [-0.4, -0.2) is 86.1 Å². The predicted molar refractivity (Wildman–Crippen MR) is 106 cm³/mol. The highest BCUT2D eigenvalue weighted by atomic mass is 15.3. The van der Waals surface area contributed by atoms with Gasteiger partial charge in [0.15, 0.2) is 5.96 Å². The topological polar surface area (TPSA) is 34.1 Å². The van der Waals surface area contributed by atoms with E-state index in [0.29, 0.717) is 6.04 Å². The quantitative estimate of drug-likeness (QED) is 0.610. The minimum absolute atomic E-state index is 0.683. The lowest BCUT2D eigenvalue weighted by Gasteiger charge is -2.36. The van der Waals surface area contributed by atoms with Crippen LogP contribution in [0, 0.1) is 5.92 Å². The Labute approximate surface area is 154 Å². The van der Waals surface area contributed by atoms with Crippen LogP contribution in [0.3, 0.4) is 0 Å².